The van der Waals surface area contributed by atoms with Crippen molar-refractivity contribution in [2.45, 2.75) is 6.92 Å². The first kappa shape index (κ1) is 19.3. The largest absolute Gasteiger partial charge is 0.465 e. The van der Waals surface area contributed by atoms with Crippen LogP contribution in [0.5, 0.6) is 0 Å². The van der Waals surface area contributed by atoms with E-state index >= 15 is 0 Å². The van der Waals surface area contributed by atoms with Crippen molar-refractivity contribution in [1.29, 1.82) is 0 Å². The molecule has 0 unspecified atom stereocenters. The zero-order chi connectivity index (χ0) is 20.1. The Balaban J connectivity index is 1.73. The van der Waals surface area contributed by atoms with Crippen LogP contribution in [0, 0.1) is 6.92 Å². The topological polar surface area (TPSA) is 93.2 Å². The first-order chi connectivity index (χ1) is 13.5. The molecule has 0 atom stereocenters. The molecule has 3 aromatic rings. The third-order valence-corrected chi connectivity index (χ3v) is 4.15. The van der Waals surface area contributed by atoms with E-state index in [4.69, 9.17) is 16.3 Å². The Labute approximate surface area is 166 Å². The van der Waals surface area contributed by atoms with Gasteiger partial charge in [0.2, 0.25) is 0 Å². The van der Waals surface area contributed by atoms with Crippen molar-refractivity contribution in [1.82, 2.24) is 9.97 Å². The number of amides is 1. The lowest BCUT2D eigenvalue weighted by atomic mass is 10.1. The second kappa shape index (κ2) is 8.49. The Bertz CT molecular complexity index is 1020. The van der Waals surface area contributed by atoms with Gasteiger partial charge in [0.15, 0.2) is 0 Å². The first-order valence-electron chi connectivity index (χ1n) is 8.32. The number of hydrogen-bond donors (Lipinski definition) is 2. The average molecular weight is 397 g/mol. The molecule has 142 valence electrons. The summed E-state index contributed by atoms with van der Waals surface area (Å²) in [7, 11) is 1.28. The number of esters is 1. The molecule has 28 heavy (non-hydrogen) atoms. The first-order valence-corrected chi connectivity index (χ1v) is 8.69. The molecule has 2 aromatic carbocycles. The van der Waals surface area contributed by atoms with Gasteiger partial charge < -0.3 is 15.4 Å². The Morgan fingerprint density at radius 1 is 1.04 bits per heavy atom. The molecule has 1 amide bonds. The molecule has 0 fully saturated rings. The molecule has 0 saturated heterocycles. The van der Waals surface area contributed by atoms with Gasteiger partial charge in [0.25, 0.3) is 5.91 Å². The van der Waals surface area contributed by atoms with E-state index in [0.29, 0.717) is 16.5 Å². The van der Waals surface area contributed by atoms with Crippen molar-refractivity contribution in [3.63, 3.8) is 0 Å². The van der Waals surface area contributed by atoms with Gasteiger partial charge in [-0.1, -0.05) is 23.7 Å². The lowest BCUT2D eigenvalue weighted by Crippen LogP contribution is -2.17. The van der Waals surface area contributed by atoms with Crippen LogP contribution in [-0.4, -0.2) is 29.0 Å². The number of aromatic nitrogens is 2. The Morgan fingerprint density at radius 3 is 2.50 bits per heavy atom. The predicted molar refractivity (Wildman–Crippen MR) is 107 cm³/mol. The summed E-state index contributed by atoms with van der Waals surface area (Å²) in [5.74, 6) is -0.546. The van der Waals surface area contributed by atoms with Crippen molar-refractivity contribution in [2.24, 2.45) is 0 Å². The van der Waals surface area contributed by atoms with Gasteiger partial charge in [-0.15, -0.1) is 0 Å². The molecule has 2 N–H and O–H groups in total. The molecule has 7 nitrogen and oxygen atoms in total. The second-order valence-electron chi connectivity index (χ2n) is 5.86. The summed E-state index contributed by atoms with van der Waals surface area (Å²) in [5.41, 5.74) is 2.49. The quantitative estimate of drug-likeness (QED) is 0.627. The summed E-state index contributed by atoms with van der Waals surface area (Å²) in [6.07, 6.45) is 2.80. The number of rotatable bonds is 5. The van der Waals surface area contributed by atoms with E-state index in [-0.39, 0.29) is 11.3 Å². The average Bonchev–Trinajstić information content (AvgIpc) is 2.70. The smallest absolute Gasteiger partial charge is 0.339 e. The molecule has 3 rings (SSSR count). The van der Waals surface area contributed by atoms with Crippen LogP contribution in [-0.2, 0) is 4.74 Å². The number of benzene rings is 2. The molecule has 0 radical (unpaired) electrons. The SMILES string of the molecule is COC(=O)c1ccccc1NC(=O)c1cnc(Nc2ccc(Cl)cc2C)cn1. The van der Waals surface area contributed by atoms with Gasteiger partial charge in [0.05, 0.1) is 30.8 Å². The number of carbonyl (C=O) groups is 2. The molecule has 0 bridgehead atoms. The maximum atomic E-state index is 12.4. The number of carbonyl (C=O) groups excluding carboxylic acids is 2. The lowest BCUT2D eigenvalue weighted by molar-refractivity contribution is 0.0602. The van der Waals surface area contributed by atoms with Crippen LogP contribution in [0.3, 0.4) is 0 Å². The third-order valence-electron chi connectivity index (χ3n) is 3.92. The molecule has 0 saturated carbocycles. The summed E-state index contributed by atoms with van der Waals surface area (Å²) < 4.78 is 4.72. The van der Waals surface area contributed by atoms with Crippen molar-refractivity contribution < 1.29 is 14.3 Å². The van der Waals surface area contributed by atoms with Crippen LogP contribution in [0.25, 0.3) is 0 Å². The van der Waals surface area contributed by atoms with Crippen molar-refractivity contribution in [3.8, 4) is 0 Å². The minimum absolute atomic E-state index is 0.109. The van der Waals surface area contributed by atoms with Crippen molar-refractivity contribution in [3.05, 3.63) is 76.7 Å². The molecule has 1 heterocycles. The predicted octanol–water partition coefficient (Wildman–Crippen LogP) is 4.22. The number of anilines is 3. The number of nitrogens with zero attached hydrogens (tertiary/aromatic N) is 2. The maximum Gasteiger partial charge on any atom is 0.339 e. The number of para-hydroxylation sites is 1. The number of aryl methyl sites for hydroxylation is 1. The van der Waals surface area contributed by atoms with Gasteiger partial charge >= 0.3 is 5.97 Å². The normalized spacial score (nSPS) is 10.2. The summed E-state index contributed by atoms with van der Waals surface area (Å²) in [5, 5.41) is 6.42. The minimum atomic E-state index is -0.542. The minimum Gasteiger partial charge on any atom is -0.465 e. The van der Waals surface area contributed by atoms with Crippen molar-refractivity contribution in [2.75, 3.05) is 17.7 Å². The maximum absolute atomic E-state index is 12.4. The van der Waals surface area contributed by atoms with E-state index in [2.05, 4.69) is 20.6 Å². The molecule has 0 aliphatic rings. The van der Waals surface area contributed by atoms with Gasteiger partial charge in [0.1, 0.15) is 11.5 Å². The van der Waals surface area contributed by atoms with Gasteiger partial charge in [-0.3, -0.25) is 4.79 Å². The zero-order valence-corrected chi connectivity index (χ0v) is 15.9. The van der Waals surface area contributed by atoms with Crippen LogP contribution >= 0.6 is 11.6 Å². The highest BCUT2D eigenvalue weighted by molar-refractivity contribution is 6.30. The molecular weight excluding hydrogens is 380 g/mol. The van der Waals surface area contributed by atoms with Gasteiger partial charge in [-0.05, 0) is 42.8 Å². The standard InChI is InChI=1S/C20H17ClN4O3/c1-12-9-13(21)7-8-15(12)24-18-11-22-17(10-23-18)19(26)25-16-6-4-3-5-14(16)20(27)28-2/h3-11H,1-2H3,(H,23,24)(H,25,26). The summed E-state index contributed by atoms with van der Waals surface area (Å²) in [4.78, 5) is 32.6. The molecule has 0 spiro atoms. The second-order valence-corrected chi connectivity index (χ2v) is 6.30. The Morgan fingerprint density at radius 2 is 1.82 bits per heavy atom. The highest BCUT2D eigenvalue weighted by atomic mass is 35.5. The summed E-state index contributed by atoms with van der Waals surface area (Å²) >= 11 is 5.95. The number of ether oxygens (including phenoxy) is 1. The Kier molecular flexibility index (Phi) is 5.86. The van der Waals surface area contributed by atoms with Crippen LogP contribution in [0.1, 0.15) is 26.4 Å². The molecule has 1 aromatic heterocycles. The van der Waals surface area contributed by atoms with Gasteiger partial charge in [-0.25, -0.2) is 14.8 Å². The van der Waals surface area contributed by atoms with Crippen molar-refractivity contribution >= 4 is 40.7 Å². The van der Waals surface area contributed by atoms with Crippen LogP contribution < -0.4 is 10.6 Å². The van der Waals surface area contributed by atoms with E-state index in [1.54, 1.807) is 30.3 Å². The van der Waals surface area contributed by atoms with Crippen LogP contribution in [0.2, 0.25) is 5.02 Å². The van der Waals surface area contributed by atoms with E-state index in [0.717, 1.165) is 11.3 Å². The third kappa shape index (κ3) is 4.44. The van der Waals surface area contributed by atoms with E-state index in [1.165, 1.54) is 19.5 Å². The molecular formula is C20H17ClN4O3. The van der Waals surface area contributed by atoms with E-state index < -0.39 is 11.9 Å². The number of hydrogen-bond acceptors (Lipinski definition) is 6. The highest BCUT2D eigenvalue weighted by Crippen LogP contribution is 2.22. The molecule has 0 aliphatic carbocycles. The molecule has 8 heteroatoms. The fourth-order valence-corrected chi connectivity index (χ4v) is 2.71. The van der Waals surface area contributed by atoms with Gasteiger partial charge in [0, 0.05) is 10.7 Å². The number of nitrogens with one attached hydrogen (secondary N) is 2. The number of halogens is 1. The van der Waals surface area contributed by atoms with Crippen LogP contribution in [0.15, 0.2) is 54.9 Å². The Hall–Kier alpha value is -3.45. The van der Waals surface area contributed by atoms with E-state index in [1.807, 2.05) is 19.1 Å². The zero-order valence-electron chi connectivity index (χ0n) is 15.2. The lowest BCUT2D eigenvalue weighted by Gasteiger charge is -2.10. The van der Waals surface area contributed by atoms with Gasteiger partial charge in [-0.2, -0.15) is 0 Å². The fourth-order valence-electron chi connectivity index (χ4n) is 2.48. The van der Waals surface area contributed by atoms with Crippen LogP contribution in [0.4, 0.5) is 17.2 Å². The molecule has 0 aliphatic heterocycles. The highest BCUT2D eigenvalue weighted by Gasteiger charge is 2.15. The number of methoxy groups -OCH3 is 1. The monoisotopic (exact) mass is 396 g/mol. The fraction of sp³-hybridized carbons (Fsp3) is 0.100. The summed E-state index contributed by atoms with van der Waals surface area (Å²) in [6, 6.07) is 12.0. The van der Waals surface area contributed by atoms with E-state index in [9.17, 15) is 9.59 Å². The summed E-state index contributed by atoms with van der Waals surface area (Å²) in [6.45, 7) is 1.92.